The maximum atomic E-state index is 12.9. The van der Waals surface area contributed by atoms with Crippen molar-refractivity contribution in [1.29, 1.82) is 5.26 Å². The molecule has 0 spiro atoms. The highest BCUT2D eigenvalue weighted by atomic mass is 16.1. The van der Waals surface area contributed by atoms with Crippen molar-refractivity contribution in [3.8, 4) is 6.19 Å². The summed E-state index contributed by atoms with van der Waals surface area (Å²) in [6, 6.07) is 18.0. The van der Waals surface area contributed by atoms with E-state index in [4.69, 9.17) is 5.73 Å². The predicted octanol–water partition coefficient (Wildman–Crippen LogP) is 2.75. The minimum atomic E-state index is -0.561. The van der Waals surface area contributed by atoms with Gasteiger partial charge in [-0.15, -0.1) is 0 Å². The van der Waals surface area contributed by atoms with E-state index in [-0.39, 0.29) is 11.9 Å². The number of rotatable bonds is 3. The van der Waals surface area contributed by atoms with Crippen molar-refractivity contribution >= 4 is 17.6 Å². The first-order valence-electron chi connectivity index (χ1n) is 7.77. The number of anilines is 1. The zero-order valence-electron chi connectivity index (χ0n) is 13.7. The summed E-state index contributed by atoms with van der Waals surface area (Å²) < 4.78 is 0. The zero-order valence-corrected chi connectivity index (χ0v) is 13.7. The molecule has 1 heterocycles. The minimum absolute atomic E-state index is 0.0742. The van der Waals surface area contributed by atoms with Gasteiger partial charge in [-0.2, -0.15) is 5.26 Å². The number of nitriles is 1. The van der Waals surface area contributed by atoms with Gasteiger partial charge in [-0.3, -0.25) is 4.79 Å². The first-order chi connectivity index (χ1) is 12.1. The van der Waals surface area contributed by atoms with E-state index < -0.39 is 6.04 Å². The van der Waals surface area contributed by atoms with Gasteiger partial charge in [0.25, 0.3) is 5.91 Å². The lowest BCUT2D eigenvalue weighted by atomic mass is 9.95. The summed E-state index contributed by atoms with van der Waals surface area (Å²) in [5.41, 5.74) is 8.28. The first kappa shape index (κ1) is 16.3. The van der Waals surface area contributed by atoms with Gasteiger partial charge >= 0.3 is 0 Å². The van der Waals surface area contributed by atoms with Crippen molar-refractivity contribution in [3.63, 3.8) is 0 Å². The maximum absolute atomic E-state index is 12.9. The number of carbonyl (C=O) groups excluding carboxylic acids is 1. The van der Waals surface area contributed by atoms with Gasteiger partial charge in [-0.25, -0.2) is 9.89 Å². The lowest BCUT2D eigenvalue weighted by Gasteiger charge is -2.28. The van der Waals surface area contributed by atoms with Crippen molar-refractivity contribution in [3.05, 3.63) is 77.5 Å². The Morgan fingerprint density at radius 3 is 2.36 bits per heavy atom. The van der Waals surface area contributed by atoms with E-state index in [1.165, 1.54) is 4.90 Å². The lowest BCUT2D eigenvalue weighted by Crippen LogP contribution is -2.39. The number of para-hydroxylation sites is 1. The van der Waals surface area contributed by atoms with Crippen LogP contribution in [-0.4, -0.2) is 16.8 Å². The third-order valence-corrected chi connectivity index (χ3v) is 3.98. The Hall–Kier alpha value is -3.59. The molecule has 3 rings (SSSR count). The molecule has 0 saturated carbocycles. The highest BCUT2D eigenvalue weighted by Gasteiger charge is 2.32. The molecule has 2 aromatic rings. The van der Waals surface area contributed by atoms with Crippen LogP contribution in [0.2, 0.25) is 0 Å². The van der Waals surface area contributed by atoms with Crippen LogP contribution in [-0.2, 0) is 4.79 Å². The van der Waals surface area contributed by atoms with Crippen LogP contribution < -0.4 is 11.1 Å². The second-order valence-corrected chi connectivity index (χ2v) is 5.56. The second-order valence-electron chi connectivity index (χ2n) is 5.56. The molecule has 0 aromatic heterocycles. The van der Waals surface area contributed by atoms with Crippen LogP contribution >= 0.6 is 0 Å². The first-order valence-corrected chi connectivity index (χ1v) is 7.77. The van der Waals surface area contributed by atoms with Crippen LogP contribution in [0, 0.1) is 11.5 Å². The van der Waals surface area contributed by atoms with Crippen molar-refractivity contribution in [2.45, 2.75) is 13.0 Å². The molecular weight excluding hydrogens is 314 g/mol. The van der Waals surface area contributed by atoms with Gasteiger partial charge in [0, 0.05) is 11.4 Å². The standard InChI is InChI=1S/C19H17N5O/c1-13-16(18(25)22-15-10-6-3-7-11-15)17(14-8-4-2-5-9-14)23-19(21)24(13)12-20/h2-11,17H,1H3,(H2,21,23)(H,22,25). The highest BCUT2D eigenvalue weighted by Crippen LogP contribution is 2.33. The Bertz CT molecular complexity index is 881. The van der Waals surface area contributed by atoms with E-state index in [0.717, 1.165) is 5.56 Å². The molecule has 6 heteroatoms. The van der Waals surface area contributed by atoms with Crippen molar-refractivity contribution in [2.24, 2.45) is 10.7 Å². The Morgan fingerprint density at radius 2 is 1.76 bits per heavy atom. The molecule has 1 aliphatic heterocycles. The Kier molecular flexibility index (Phi) is 4.48. The number of nitrogens with two attached hydrogens (primary N) is 1. The van der Waals surface area contributed by atoms with Gasteiger partial charge in [0.1, 0.15) is 6.04 Å². The van der Waals surface area contributed by atoms with Gasteiger partial charge in [-0.1, -0.05) is 48.5 Å². The SMILES string of the molecule is CC1=C(C(=O)Nc2ccccc2)C(c2ccccc2)N=C(N)N1C#N. The number of benzene rings is 2. The van der Waals surface area contributed by atoms with Crippen LogP contribution in [0.1, 0.15) is 18.5 Å². The second kappa shape index (κ2) is 6.89. The quantitative estimate of drug-likeness (QED) is 0.846. The molecule has 124 valence electrons. The van der Waals surface area contributed by atoms with Crippen LogP contribution in [0.3, 0.4) is 0 Å². The molecule has 2 aromatic carbocycles. The molecule has 0 aliphatic carbocycles. The molecule has 3 N–H and O–H groups in total. The van der Waals surface area contributed by atoms with Gasteiger partial charge in [0.15, 0.2) is 6.19 Å². The lowest BCUT2D eigenvalue weighted by molar-refractivity contribution is -0.113. The van der Waals surface area contributed by atoms with Gasteiger partial charge < -0.3 is 11.1 Å². The Balaban J connectivity index is 2.03. The normalized spacial score (nSPS) is 16.9. The zero-order chi connectivity index (χ0) is 17.8. The van der Waals surface area contributed by atoms with Crippen LogP contribution in [0.25, 0.3) is 0 Å². The molecule has 0 radical (unpaired) electrons. The van der Waals surface area contributed by atoms with E-state index in [1.54, 1.807) is 19.1 Å². The molecule has 1 aliphatic rings. The van der Waals surface area contributed by atoms with Crippen molar-refractivity contribution in [2.75, 3.05) is 5.32 Å². The number of hydrogen-bond donors (Lipinski definition) is 2. The fraction of sp³-hybridized carbons (Fsp3) is 0.105. The fourth-order valence-corrected chi connectivity index (χ4v) is 2.76. The molecule has 0 saturated heterocycles. The maximum Gasteiger partial charge on any atom is 0.255 e. The average Bonchev–Trinajstić information content (AvgIpc) is 2.63. The third-order valence-electron chi connectivity index (χ3n) is 3.98. The average molecular weight is 331 g/mol. The van der Waals surface area contributed by atoms with E-state index >= 15 is 0 Å². The number of aliphatic imine (C=N–C) groups is 1. The summed E-state index contributed by atoms with van der Waals surface area (Å²) in [5.74, 6) is -0.237. The van der Waals surface area contributed by atoms with Gasteiger partial charge in [-0.05, 0) is 24.6 Å². The van der Waals surface area contributed by atoms with Crippen molar-refractivity contribution in [1.82, 2.24) is 4.90 Å². The van der Waals surface area contributed by atoms with Crippen LogP contribution in [0.15, 0.2) is 76.9 Å². The Morgan fingerprint density at radius 1 is 1.16 bits per heavy atom. The predicted molar refractivity (Wildman–Crippen MR) is 96.0 cm³/mol. The summed E-state index contributed by atoms with van der Waals surface area (Å²) >= 11 is 0. The van der Waals surface area contributed by atoms with Crippen LogP contribution in [0.5, 0.6) is 0 Å². The van der Waals surface area contributed by atoms with Gasteiger partial charge in [0.2, 0.25) is 5.96 Å². The number of allylic oxidation sites excluding steroid dienone is 1. The van der Waals surface area contributed by atoms with E-state index in [1.807, 2.05) is 54.7 Å². The highest BCUT2D eigenvalue weighted by molar-refractivity contribution is 6.06. The summed E-state index contributed by atoms with van der Waals surface area (Å²) in [6.45, 7) is 1.70. The number of guanidine groups is 1. The molecule has 6 nitrogen and oxygen atoms in total. The smallest absolute Gasteiger partial charge is 0.255 e. The molecule has 25 heavy (non-hydrogen) atoms. The number of nitrogens with zero attached hydrogens (tertiary/aromatic N) is 3. The summed E-state index contributed by atoms with van der Waals surface area (Å²) in [6.07, 6.45) is 1.96. The topological polar surface area (TPSA) is 94.5 Å². The minimum Gasteiger partial charge on any atom is -0.369 e. The summed E-state index contributed by atoms with van der Waals surface area (Å²) in [5, 5.41) is 12.2. The summed E-state index contributed by atoms with van der Waals surface area (Å²) in [7, 11) is 0. The monoisotopic (exact) mass is 331 g/mol. The van der Waals surface area contributed by atoms with Crippen LogP contribution in [0.4, 0.5) is 5.69 Å². The molecule has 0 bridgehead atoms. The number of amides is 1. The van der Waals surface area contributed by atoms with E-state index in [0.29, 0.717) is 17.0 Å². The number of hydrogen-bond acceptors (Lipinski definition) is 5. The fourth-order valence-electron chi connectivity index (χ4n) is 2.76. The molecule has 1 unspecified atom stereocenters. The van der Waals surface area contributed by atoms with E-state index in [2.05, 4.69) is 10.3 Å². The molecular formula is C19H17N5O. The third kappa shape index (κ3) is 3.21. The largest absolute Gasteiger partial charge is 0.369 e. The Labute approximate surface area is 145 Å². The summed E-state index contributed by atoms with van der Waals surface area (Å²) in [4.78, 5) is 18.5. The van der Waals surface area contributed by atoms with E-state index in [9.17, 15) is 10.1 Å². The van der Waals surface area contributed by atoms with Gasteiger partial charge in [0.05, 0.1) is 5.57 Å². The number of carbonyl (C=O) groups is 1. The van der Waals surface area contributed by atoms with Crippen molar-refractivity contribution < 1.29 is 4.79 Å². The molecule has 1 atom stereocenters. The molecule has 0 fully saturated rings. The number of nitrogens with one attached hydrogen (secondary N) is 1. The molecule has 1 amide bonds.